The van der Waals surface area contributed by atoms with Crippen molar-refractivity contribution < 1.29 is 13.6 Å². The van der Waals surface area contributed by atoms with E-state index < -0.39 is 11.7 Å². The van der Waals surface area contributed by atoms with E-state index in [2.05, 4.69) is 15.3 Å². The number of anilines is 1. The lowest BCUT2D eigenvalue weighted by Gasteiger charge is -2.10. The number of hydrogen-bond donors (Lipinski definition) is 1. The summed E-state index contributed by atoms with van der Waals surface area (Å²) in [6, 6.07) is 15.3. The van der Waals surface area contributed by atoms with Crippen LogP contribution in [0.3, 0.4) is 0 Å². The van der Waals surface area contributed by atoms with E-state index in [-0.39, 0.29) is 10.5 Å². The van der Waals surface area contributed by atoms with Gasteiger partial charge in [0.2, 0.25) is 5.78 Å². The van der Waals surface area contributed by atoms with Crippen LogP contribution < -0.4 is 5.32 Å². The minimum absolute atomic E-state index is 0.211. The zero-order valence-electron chi connectivity index (χ0n) is 14.4. The Bertz CT molecular complexity index is 1100. The second-order valence-electron chi connectivity index (χ2n) is 5.86. The summed E-state index contributed by atoms with van der Waals surface area (Å²) in [5.41, 5.74) is 2.41. The van der Waals surface area contributed by atoms with Crippen LogP contribution in [0.15, 0.2) is 78.1 Å². The van der Waals surface area contributed by atoms with E-state index in [0.29, 0.717) is 23.2 Å². The topological polar surface area (TPSA) is 59.3 Å². The number of imidazole rings is 1. The van der Waals surface area contributed by atoms with E-state index in [0.717, 1.165) is 11.3 Å². The van der Waals surface area contributed by atoms with Crippen molar-refractivity contribution in [2.75, 3.05) is 5.32 Å². The van der Waals surface area contributed by atoms with E-state index in [9.17, 15) is 13.6 Å². The van der Waals surface area contributed by atoms with Gasteiger partial charge in [0.1, 0.15) is 0 Å². The van der Waals surface area contributed by atoms with Crippen molar-refractivity contribution >= 4 is 29.1 Å². The van der Waals surface area contributed by atoms with Crippen LogP contribution in [0, 0.1) is 0 Å². The van der Waals surface area contributed by atoms with Gasteiger partial charge >= 0.3 is 0 Å². The minimum atomic E-state index is -2.59. The predicted octanol–water partition coefficient (Wildman–Crippen LogP) is 4.96. The molecule has 0 saturated carbocycles. The average molecular weight is 396 g/mol. The van der Waals surface area contributed by atoms with Gasteiger partial charge in [-0.05, 0) is 30.3 Å². The van der Waals surface area contributed by atoms with Gasteiger partial charge in [-0.2, -0.15) is 8.78 Å². The highest BCUT2D eigenvalue weighted by molar-refractivity contribution is 7.99. The number of fused-ring (bicyclic) bond motifs is 1. The molecule has 140 valence electrons. The lowest BCUT2D eigenvalue weighted by molar-refractivity contribution is 0.102. The number of nitrogens with zero attached hydrogens (tertiary/aromatic N) is 3. The standard InChI is InChI=1S/C20H14F2N4OS/c21-19(22)28-17-5-2-1-4-15(17)18(27)24-14-8-6-13(7-9-14)16-12-26-11-3-10-23-20(26)25-16/h1-12,19H,(H,24,27). The largest absolute Gasteiger partial charge is 0.322 e. The third-order valence-corrected chi connectivity index (χ3v) is 4.81. The highest BCUT2D eigenvalue weighted by Gasteiger charge is 2.15. The molecule has 0 aliphatic heterocycles. The number of benzene rings is 2. The lowest BCUT2D eigenvalue weighted by Crippen LogP contribution is -2.13. The maximum absolute atomic E-state index is 12.7. The maximum atomic E-state index is 12.7. The van der Waals surface area contributed by atoms with Gasteiger partial charge in [0.25, 0.3) is 11.7 Å². The molecule has 0 unspecified atom stereocenters. The van der Waals surface area contributed by atoms with Crippen LogP contribution in [0.2, 0.25) is 0 Å². The molecule has 2 aromatic heterocycles. The molecule has 0 radical (unpaired) electrons. The summed E-state index contributed by atoms with van der Waals surface area (Å²) >= 11 is 0.355. The number of nitrogens with one attached hydrogen (secondary N) is 1. The molecule has 2 aromatic carbocycles. The molecule has 28 heavy (non-hydrogen) atoms. The Balaban J connectivity index is 1.53. The molecule has 0 aliphatic carbocycles. The Kier molecular flexibility index (Phi) is 5.03. The fourth-order valence-corrected chi connectivity index (χ4v) is 3.38. The fourth-order valence-electron chi connectivity index (χ4n) is 2.74. The number of aromatic nitrogens is 3. The van der Waals surface area contributed by atoms with E-state index in [4.69, 9.17) is 0 Å². The third-order valence-electron chi connectivity index (χ3n) is 4.02. The molecule has 4 aromatic rings. The highest BCUT2D eigenvalue weighted by atomic mass is 32.2. The van der Waals surface area contributed by atoms with Crippen molar-refractivity contribution in [3.63, 3.8) is 0 Å². The first kappa shape index (κ1) is 18.1. The molecule has 0 fully saturated rings. The van der Waals surface area contributed by atoms with Gasteiger partial charge in [0.15, 0.2) is 0 Å². The molecule has 0 atom stereocenters. The highest BCUT2D eigenvalue weighted by Crippen LogP contribution is 2.29. The summed E-state index contributed by atoms with van der Waals surface area (Å²) in [4.78, 5) is 21.4. The summed E-state index contributed by atoms with van der Waals surface area (Å²) in [5.74, 6) is -2.43. The second-order valence-corrected chi connectivity index (χ2v) is 6.89. The number of amides is 1. The number of hydrogen-bond acceptors (Lipinski definition) is 4. The molecule has 8 heteroatoms. The van der Waals surface area contributed by atoms with Gasteiger partial charge in [-0.3, -0.25) is 9.20 Å². The molecule has 0 aliphatic rings. The van der Waals surface area contributed by atoms with E-state index in [1.807, 2.05) is 35.0 Å². The molecule has 0 spiro atoms. The SMILES string of the molecule is O=C(Nc1ccc(-c2cn3cccnc3n2)cc1)c1ccccc1SC(F)F. The van der Waals surface area contributed by atoms with Crippen molar-refractivity contribution in [2.24, 2.45) is 0 Å². The summed E-state index contributed by atoms with van der Waals surface area (Å²) in [5, 5.41) is 2.74. The van der Waals surface area contributed by atoms with Gasteiger partial charge < -0.3 is 5.32 Å². The van der Waals surface area contributed by atoms with Crippen molar-refractivity contribution in [3.8, 4) is 11.3 Å². The molecule has 0 bridgehead atoms. The van der Waals surface area contributed by atoms with Crippen molar-refractivity contribution in [2.45, 2.75) is 10.7 Å². The summed E-state index contributed by atoms with van der Waals surface area (Å²) in [6.45, 7) is 0. The van der Waals surface area contributed by atoms with Crippen LogP contribution in [0.1, 0.15) is 10.4 Å². The van der Waals surface area contributed by atoms with Gasteiger partial charge in [0.05, 0.1) is 11.3 Å². The normalized spacial score (nSPS) is 11.1. The third kappa shape index (κ3) is 3.86. The Morgan fingerprint density at radius 2 is 1.86 bits per heavy atom. The Morgan fingerprint density at radius 1 is 1.07 bits per heavy atom. The van der Waals surface area contributed by atoms with Crippen LogP contribution >= 0.6 is 11.8 Å². The predicted molar refractivity (Wildman–Crippen MR) is 105 cm³/mol. The number of thioether (sulfide) groups is 1. The van der Waals surface area contributed by atoms with Gasteiger partial charge in [-0.1, -0.05) is 36.0 Å². The lowest BCUT2D eigenvalue weighted by atomic mass is 10.1. The average Bonchev–Trinajstić information content (AvgIpc) is 3.12. The summed E-state index contributed by atoms with van der Waals surface area (Å²) in [6.07, 6.45) is 5.41. The molecular formula is C20H14F2N4OS. The number of rotatable bonds is 5. The van der Waals surface area contributed by atoms with E-state index in [1.165, 1.54) is 12.1 Å². The zero-order valence-corrected chi connectivity index (χ0v) is 15.2. The van der Waals surface area contributed by atoms with Gasteiger partial charge in [-0.15, -0.1) is 0 Å². The van der Waals surface area contributed by atoms with Gasteiger partial charge in [0, 0.05) is 34.7 Å². The molecule has 1 amide bonds. The van der Waals surface area contributed by atoms with E-state index in [1.54, 1.807) is 30.5 Å². The van der Waals surface area contributed by atoms with Crippen LogP contribution in [0.4, 0.5) is 14.5 Å². The molecule has 0 saturated heterocycles. The fraction of sp³-hybridized carbons (Fsp3) is 0.0500. The molecule has 4 rings (SSSR count). The minimum Gasteiger partial charge on any atom is -0.322 e. The Hall–Kier alpha value is -3.26. The number of alkyl halides is 2. The Labute approximate surface area is 163 Å². The van der Waals surface area contributed by atoms with Crippen LogP contribution in [0.5, 0.6) is 0 Å². The Morgan fingerprint density at radius 3 is 2.61 bits per heavy atom. The number of carbonyl (C=O) groups is 1. The number of carbonyl (C=O) groups excluding carboxylic acids is 1. The second kappa shape index (κ2) is 7.77. The van der Waals surface area contributed by atoms with Crippen molar-refractivity contribution in [1.82, 2.24) is 14.4 Å². The quantitative estimate of drug-likeness (QED) is 0.484. The molecule has 5 nitrogen and oxygen atoms in total. The maximum Gasteiger partial charge on any atom is 0.288 e. The van der Waals surface area contributed by atoms with Crippen LogP contribution in [0.25, 0.3) is 17.0 Å². The van der Waals surface area contributed by atoms with Crippen molar-refractivity contribution in [1.29, 1.82) is 0 Å². The molecular weight excluding hydrogens is 382 g/mol. The first-order valence-electron chi connectivity index (χ1n) is 8.35. The molecule has 1 N–H and O–H groups in total. The smallest absolute Gasteiger partial charge is 0.288 e. The summed E-state index contributed by atoms with van der Waals surface area (Å²) < 4.78 is 27.2. The first-order valence-corrected chi connectivity index (χ1v) is 9.23. The summed E-state index contributed by atoms with van der Waals surface area (Å²) in [7, 11) is 0. The first-order chi connectivity index (χ1) is 13.6. The monoisotopic (exact) mass is 396 g/mol. The van der Waals surface area contributed by atoms with Gasteiger partial charge in [-0.25, -0.2) is 9.97 Å². The van der Waals surface area contributed by atoms with Crippen LogP contribution in [-0.4, -0.2) is 26.0 Å². The number of halogens is 2. The molecule has 2 heterocycles. The van der Waals surface area contributed by atoms with Crippen LogP contribution in [-0.2, 0) is 0 Å². The van der Waals surface area contributed by atoms with Crippen molar-refractivity contribution in [3.05, 3.63) is 78.8 Å². The zero-order chi connectivity index (χ0) is 19.5. The van der Waals surface area contributed by atoms with E-state index >= 15 is 0 Å².